The van der Waals surface area contributed by atoms with Gasteiger partial charge in [-0.3, -0.25) is 42.5 Å². The van der Waals surface area contributed by atoms with Crippen molar-refractivity contribution < 1.29 is 40.7 Å². The van der Waals surface area contributed by atoms with Gasteiger partial charge in [-0.05, 0) is 238 Å². The number of aryl methyl sites for hydroxylation is 1. The molecule has 1 aliphatic carbocycles. The smallest absolute Gasteiger partial charge is 0.330 e. The SMILES string of the molecule is Cc1nnc(-c2ccc(-n3c(=O)c4c(n5ncc(Cc6ccc(Cn7cnnc7-c7ccc(-n8c(=O)c9c(n%10ncc(CC%11CC(Cn%12ncnc%12-c%12ccc(-n%13c(=O)c%14c(n%15ncc(Cc%16ccccc%16)c%13%15)CN(C(=O)c%13ccc(Br)c(C(F)(F)F)c%13)[C@H](C)C%14)cc%12)C%11)c8%10)CN(C(=O)c8ccc(Br)c(Cl)c8)[C@H](C)C9)cc7)cc6)c35)CN(C(=O)c3ccc(Br)c(C(F)(F)F)c3)[C@H](C)C4)cc2)[nH]1. The maximum absolute atomic E-state index is 15.7. The maximum Gasteiger partial charge on any atom is 0.417 e. The minimum absolute atomic E-state index is 0.0842. The number of amides is 3. The molecule has 4 aliphatic rings. The van der Waals surface area contributed by atoms with Crippen LogP contribution in [0.5, 0.6) is 0 Å². The van der Waals surface area contributed by atoms with E-state index in [1.54, 1.807) is 85.3 Å². The van der Waals surface area contributed by atoms with Gasteiger partial charge in [0.1, 0.15) is 35.4 Å². The number of fused-ring (bicyclic) bond motifs is 9. The Morgan fingerprint density at radius 3 is 1.35 bits per heavy atom. The summed E-state index contributed by atoms with van der Waals surface area (Å²) in [6.07, 6.45) is 2.35. The summed E-state index contributed by atoms with van der Waals surface area (Å²) in [6.45, 7) is 8.08. The first-order chi connectivity index (χ1) is 65.4. The van der Waals surface area contributed by atoms with E-state index in [9.17, 15) is 40.7 Å². The number of alkyl halides is 6. The van der Waals surface area contributed by atoms with Crippen molar-refractivity contribution in [1.82, 2.24) is 102 Å². The predicted molar refractivity (Wildman–Crippen MR) is 505 cm³/mol. The molecule has 136 heavy (non-hydrogen) atoms. The molecule has 1 fully saturated rings. The first-order valence-electron chi connectivity index (χ1n) is 44.0. The fourth-order valence-corrected chi connectivity index (χ4v) is 21.0. The fourth-order valence-electron chi connectivity index (χ4n) is 19.7. The molecule has 21 rings (SSSR count). The summed E-state index contributed by atoms with van der Waals surface area (Å²) in [5, 5.41) is 37.3. The highest BCUT2D eigenvalue weighted by atomic mass is 79.9. The number of aromatic amines is 1. The molecule has 0 radical (unpaired) electrons. The first kappa shape index (κ1) is 88.7. The lowest BCUT2D eigenvalue weighted by Gasteiger charge is -2.36. The lowest BCUT2D eigenvalue weighted by atomic mass is 9.72. The molecular weight excluding hydrogens is 1970 g/mol. The Morgan fingerprint density at radius 1 is 0.471 bits per heavy atom. The van der Waals surface area contributed by atoms with Crippen LogP contribution in [-0.4, -0.2) is 138 Å². The molecule has 3 amide bonds. The molecule has 27 nitrogen and oxygen atoms in total. The molecule has 1 saturated carbocycles. The highest BCUT2D eigenvalue weighted by molar-refractivity contribution is 9.11. The molecule has 8 aromatic carbocycles. The van der Waals surface area contributed by atoms with Gasteiger partial charge < -0.3 is 24.3 Å². The van der Waals surface area contributed by atoms with Crippen molar-refractivity contribution in [2.45, 2.75) is 142 Å². The number of nitrogens with zero attached hydrogens (tertiary/aromatic N) is 20. The van der Waals surface area contributed by atoms with E-state index in [1.165, 1.54) is 40.4 Å². The Morgan fingerprint density at radius 2 is 0.897 bits per heavy atom. The van der Waals surface area contributed by atoms with Gasteiger partial charge in [-0.2, -0.15) is 46.7 Å². The van der Waals surface area contributed by atoms with Gasteiger partial charge in [-0.15, -0.1) is 20.4 Å². The maximum atomic E-state index is 15.7. The minimum Gasteiger partial charge on any atom is -0.330 e. The lowest BCUT2D eigenvalue weighted by Crippen LogP contribution is -2.46. The van der Waals surface area contributed by atoms with Crippen molar-refractivity contribution in [3.8, 4) is 51.2 Å². The number of benzene rings is 8. The van der Waals surface area contributed by atoms with Crippen LogP contribution in [0.2, 0.25) is 5.02 Å². The molecule has 0 spiro atoms. The highest BCUT2D eigenvalue weighted by Gasteiger charge is 2.42. The Kier molecular flexibility index (Phi) is 22.7. The molecule has 9 aromatic heterocycles. The van der Waals surface area contributed by atoms with Crippen LogP contribution in [0.4, 0.5) is 26.3 Å². The van der Waals surface area contributed by atoms with Crippen molar-refractivity contribution >= 4 is 94.1 Å². The Hall–Kier alpha value is -13.8. The standard InChI is InChI=1S/C99H79Br3ClF6N21O6/c1-53-32-74-84(49-122(53)93(132)66-21-30-80(101)78(41-66)99(107,108)109)129-90(125(95(74)134)71-23-14-62(15-24-71)86-116-56(4)117-118-86)69(44-113-129)38-58-10-12-59(13-11-58)46-120-52-111-119-88(120)64-18-27-73(28-19-64)127-91-70(45-114-130(91)85-50-123(55(3)34-76(85)97(127)136)94(133)67-22-31-81(102)82(103)42-67)39-60-35-61(36-60)47-124-87(110-51-115-124)63-16-25-72(26-17-63)126-89-68(37-57-8-6-5-7-9-57)43-112-128(89)83-48-121(54(2)33-75(83)96(126)135)92(131)65-20-29-79(100)77(40-65)98(104,105)106/h5-31,40-45,51-55,60-61H,32-39,46-50H2,1-4H3,(H,116,117,118)/t53-,54-,55-,60?,61?/m1/s1. The molecule has 17 aromatic rings. The number of carbonyl (C=O) groups excluding carboxylic acids is 3. The zero-order chi connectivity index (χ0) is 94.3. The molecule has 1 N–H and O–H groups in total. The van der Waals surface area contributed by atoms with Gasteiger partial charge in [0.15, 0.2) is 17.5 Å². The first-order valence-corrected chi connectivity index (χ1v) is 46.8. The second kappa shape index (κ2) is 34.8. The van der Waals surface area contributed by atoms with E-state index in [4.69, 9.17) is 37.0 Å². The number of aromatic nitrogens is 18. The number of nitrogens with one attached hydrogen (secondary N) is 1. The van der Waals surface area contributed by atoms with Crippen LogP contribution < -0.4 is 16.7 Å². The second-order valence-corrected chi connectivity index (χ2v) is 38.4. The van der Waals surface area contributed by atoms with Crippen LogP contribution in [0, 0.1) is 18.8 Å². The molecule has 0 unspecified atom stereocenters. The topological polar surface area (TPSA) is 282 Å². The van der Waals surface area contributed by atoms with Gasteiger partial charge in [0.25, 0.3) is 34.4 Å². The summed E-state index contributed by atoms with van der Waals surface area (Å²) in [5.41, 5.74) is 10.5. The zero-order valence-electron chi connectivity index (χ0n) is 73.0. The summed E-state index contributed by atoms with van der Waals surface area (Å²) >= 11 is 16.0. The van der Waals surface area contributed by atoms with E-state index in [2.05, 4.69) is 73.2 Å². The van der Waals surface area contributed by atoms with E-state index in [0.29, 0.717) is 144 Å². The van der Waals surface area contributed by atoms with Gasteiger partial charge in [0.2, 0.25) is 0 Å². The van der Waals surface area contributed by atoms with Gasteiger partial charge >= 0.3 is 12.4 Å². The molecule has 37 heteroatoms. The van der Waals surface area contributed by atoms with Crippen LogP contribution >= 0.6 is 59.4 Å². The Labute approximate surface area is 800 Å². The van der Waals surface area contributed by atoms with Crippen LogP contribution in [0.1, 0.15) is 149 Å². The number of hydrogen-bond donors (Lipinski definition) is 1. The fraction of sp³-hybridized carbons (Fsp3) is 0.242. The van der Waals surface area contributed by atoms with Crippen molar-refractivity contribution in [3.63, 3.8) is 0 Å². The predicted octanol–water partition coefficient (Wildman–Crippen LogP) is 17.9. The van der Waals surface area contributed by atoms with Crippen molar-refractivity contribution in [2.75, 3.05) is 0 Å². The molecule has 686 valence electrons. The third-order valence-electron chi connectivity index (χ3n) is 26.6. The largest absolute Gasteiger partial charge is 0.417 e. The second-order valence-electron chi connectivity index (χ2n) is 35.4. The van der Waals surface area contributed by atoms with E-state index < -0.39 is 47.4 Å². The van der Waals surface area contributed by atoms with E-state index in [0.717, 1.165) is 69.5 Å². The summed E-state index contributed by atoms with van der Waals surface area (Å²) in [4.78, 5) is 102. The molecule has 0 bridgehead atoms. The quantitative estimate of drug-likeness (QED) is 0.0737. The molecular formula is C99H79Br3ClF6N21O6. The number of carbonyl (C=O) groups is 3. The lowest BCUT2D eigenvalue weighted by molar-refractivity contribution is -0.139. The number of rotatable bonds is 19. The summed E-state index contributed by atoms with van der Waals surface area (Å²) in [6, 6.07) is 50.6. The van der Waals surface area contributed by atoms with Gasteiger partial charge in [0.05, 0.1) is 95.1 Å². The van der Waals surface area contributed by atoms with Crippen LogP contribution in [0.15, 0.2) is 241 Å². The molecule has 3 atom stereocenters. The highest BCUT2D eigenvalue weighted by Crippen LogP contribution is 2.43. The van der Waals surface area contributed by atoms with Crippen LogP contribution in [0.3, 0.4) is 0 Å². The van der Waals surface area contributed by atoms with E-state index in [-0.39, 0.29) is 99.4 Å². The average Bonchev–Trinajstić information content (AvgIpc) is 1.49. The average molecular weight is 2050 g/mol. The van der Waals surface area contributed by atoms with Gasteiger partial charge in [-0.1, -0.05) is 98.1 Å². The van der Waals surface area contributed by atoms with E-state index >= 15 is 14.4 Å². The molecule has 0 saturated heterocycles. The number of halogens is 10. The Balaban J connectivity index is 0.539. The van der Waals surface area contributed by atoms with Crippen LogP contribution in [0.25, 0.3) is 68.2 Å². The minimum atomic E-state index is -4.73. The monoisotopic (exact) mass is 2040 g/mol. The summed E-state index contributed by atoms with van der Waals surface area (Å²) in [7, 11) is 0. The van der Waals surface area contributed by atoms with Crippen molar-refractivity contribution in [1.29, 1.82) is 0 Å². The third-order valence-corrected chi connectivity index (χ3v) is 29.2. The zero-order valence-corrected chi connectivity index (χ0v) is 78.5. The van der Waals surface area contributed by atoms with Gasteiger partial charge in [0, 0.05) is 118 Å². The Bertz CT molecular complexity index is 7890. The van der Waals surface area contributed by atoms with Crippen LogP contribution in [-0.2, 0) is 83.6 Å². The molecule has 3 aliphatic heterocycles. The molecule has 12 heterocycles. The van der Waals surface area contributed by atoms with Crippen molar-refractivity contribution in [3.05, 3.63) is 364 Å². The third kappa shape index (κ3) is 16.1. The number of H-pyrrole nitrogens is 1. The normalized spacial score (nSPS) is 16.7. The van der Waals surface area contributed by atoms with Gasteiger partial charge in [-0.25, -0.2) is 23.2 Å². The van der Waals surface area contributed by atoms with E-state index in [1.807, 2.05) is 154 Å². The summed E-state index contributed by atoms with van der Waals surface area (Å²) in [5.74, 6) is 1.24. The number of hydrogen-bond acceptors (Lipinski definition) is 15. The van der Waals surface area contributed by atoms with Crippen molar-refractivity contribution in [2.24, 2.45) is 11.8 Å². The summed E-state index contributed by atoms with van der Waals surface area (Å²) < 4.78 is 99.2.